The second-order valence-corrected chi connectivity index (χ2v) is 7.90. The second-order valence-electron chi connectivity index (χ2n) is 6.92. The molecule has 1 N–H and O–H groups in total. The van der Waals surface area contributed by atoms with Gasteiger partial charge in [-0.05, 0) is 49.5 Å². The van der Waals surface area contributed by atoms with Gasteiger partial charge in [0.05, 0.1) is 0 Å². The molecule has 20 heavy (non-hydrogen) atoms. The monoisotopic (exact) mass is 290 g/mol. The van der Waals surface area contributed by atoms with Gasteiger partial charge in [-0.15, -0.1) is 11.3 Å². The van der Waals surface area contributed by atoms with Crippen LogP contribution in [0.1, 0.15) is 55.9 Å². The molecule has 2 saturated carbocycles. The summed E-state index contributed by atoms with van der Waals surface area (Å²) in [5, 5.41) is 6.28. The Hall–Kier alpha value is -0.380. The number of hydrogen-bond donors (Lipinski definition) is 1. The Labute approximate surface area is 126 Å². The fraction of sp³-hybridized carbons (Fsp3) is 0.765. The van der Waals surface area contributed by atoms with Crippen molar-refractivity contribution in [1.29, 1.82) is 0 Å². The standard InChI is InChI=1S/C17H26N2S/c1-2-5-13(4-1)17(16-6-3-11-20-16)18-14-9-10-19(12-14)15-7-8-15/h3,6,11,13-15,17-18H,1-2,4-5,7-10,12H2. The van der Waals surface area contributed by atoms with E-state index in [0.29, 0.717) is 6.04 Å². The van der Waals surface area contributed by atoms with Gasteiger partial charge in [0.2, 0.25) is 0 Å². The minimum atomic E-state index is 0.627. The van der Waals surface area contributed by atoms with Crippen LogP contribution in [-0.4, -0.2) is 30.1 Å². The van der Waals surface area contributed by atoms with Crippen molar-refractivity contribution in [3.05, 3.63) is 22.4 Å². The molecular weight excluding hydrogens is 264 g/mol. The quantitative estimate of drug-likeness (QED) is 0.887. The van der Waals surface area contributed by atoms with Gasteiger partial charge in [0.25, 0.3) is 0 Å². The Morgan fingerprint density at radius 2 is 2.00 bits per heavy atom. The zero-order chi connectivity index (χ0) is 13.4. The first-order chi connectivity index (χ1) is 9.90. The fourth-order valence-corrected chi connectivity index (χ4v) is 5.04. The summed E-state index contributed by atoms with van der Waals surface area (Å²) in [7, 11) is 0. The molecule has 1 aromatic rings. The molecule has 3 aliphatic rings. The lowest BCUT2D eigenvalue weighted by Gasteiger charge is -2.27. The summed E-state index contributed by atoms with van der Waals surface area (Å²) in [5.74, 6) is 0.878. The fourth-order valence-electron chi connectivity index (χ4n) is 4.16. The molecule has 110 valence electrons. The molecule has 2 aliphatic carbocycles. The van der Waals surface area contributed by atoms with E-state index in [9.17, 15) is 0 Å². The van der Waals surface area contributed by atoms with E-state index in [-0.39, 0.29) is 0 Å². The Bertz CT molecular complexity index is 420. The van der Waals surface area contributed by atoms with Gasteiger partial charge in [-0.25, -0.2) is 0 Å². The molecule has 3 fully saturated rings. The molecule has 1 saturated heterocycles. The SMILES string of the molecule is c1csc(C(NC2CCN(C3CC3)C2)C2CCCC2)c1. The van der Waals surface area contributed by atoms with E-state index in [1.807, 2.05) is 11.3 Å². The first-order valence-corrected chi connectivity index (χ1v) is 9.31. The average Bonchev–Trinajstić information content (AvgIpc) is 2.97. The van der Waals surface area contributed by atoms with Crippen LogP contribution in [0, 0.1) is 5.92 Å². The molecule has 0 bridgehead atoms. The van der Waals surface area contributed by atoms with E-state index in [1.165, 1.54) is 58.0 Å². The molecule has 4 rings (SSSR count). The highest BCUT2D eigenvalue weighted by atomic mass is 32.1. The summed E-state index contributed by atoms with van der Waals surface area (Å²) >= 11 is 1.94. The summed E-state index contributed by atoms with van der Waals surface area (Å²) in [6.07, 6.45) is 9.97. The van der Waals surface area contributed by atoms with Crippen LogP contribution in [0.2, 0.25) is 0 Å². The van der Waals surface area contributed by atoms with Gasteiger partial charge in [-0.2, -0.15) is 0 Å². The molecule has 3 heteroatoms. The van der Waals surface area contributed by atoms with E-state index in [1.54, 1.807) is 4.88 Å². The van der Waals surface area contributed by atoms with Crippen molar-refractivity contribution < 1.29 is 0 Å². The first kappa shape index (κ1) is 13.3. The maximum Gasteiger partial charge on any atom is 0.0445 e. The summed E-state index contributed by atoms with van der Waals surface area (Å²) in [5.41, 5.74) is 0. The molecule has 2 unspecified atom stereocenters. The number of thiophene rings is 1. The van der Waals surface area contributed by atoms with Crippen LogP contribution in [-0.2, 0) is 0 Å². The Balaban J connectivity index is 1.42. The van der Waals surface area contributed by atoms with Crippen LogP contribution in [0.5, 0.6) is 0 Å². The highest BCUT2D eigenvalue weighted by Crippen LogP contribution is 2.38. The molecule has 0 aromatic carbocycles. The molecule has 1 aliphatic heterocycles. The lowest BCUT2D eigenvalue weighted by Crippen LogP contribution is -2.38. The van der Waals surface area contributed by atoms with Crippen molar-refractivity contribution in [1.82, 2.24) is 10.2 Å². The number of nitrogens with one attached hydrogen (secondary N) is 1. The van der Waals surface area contributed by atoms with Crippen LogP contribution < -0.4 is 5.32 Å². The number of likely N-dealkylation sites (tertiary alicyclic amines) is 1. The van der Waals surface area contributed by atoms with Gasteiger partial charge >= 0.3 is 0 Å². The summed E-state index contributed by atoms with van der Waals surface area (Å²) in [6, 6.07) is 6.85. The van der Waals surface area contributed by atoms with Gasteiger partial charge in [0, 0.05) is 36.1 Å². The average molecular weight is 290 g/mol. The van der Waals surface area contributed by atoms with Crippen molar-refractivity contribution in [2.45, 2.75) is 63.1 Å². The summed E-state index contributed by atoms with van der Waals surface area (Å²) in [4.78, 5) is 4.29. The van der Waals surface area contributed by atoms with Crippen molar-refractivity contribution in [2.75, 3.05) is 13.1 Å². The van der Waals surface area contributed by atoms with Crippen LogP contribution in [0.3, 0.4) is 0 Å². The van der Waals surface area contributed by atoms with Crippen molar-refractivity contribution in [3.63, 3.8) is 0 Å². The van der Waals surface area contributed by atoms with E-state index in [2.05, 4.69) is 27.7 Å². The third-order valence-corrected chi connectivity index (χ3v) is 6.37. The Morgan fingerprint density at radius 3 is 2.70 bits per heavy atom. The van der Waals surface area contributed by atoms with Gasteiger partial charge in [0.1, 0.15) is 0 Å². The third kappa shape index (κ3) is 2.81. The normalized spacial score (nSPS) is 30.1. The zero-order valence-corrected chi connectivity index (χ0v) is 13.1. The molecular formula is C17H26N2S. The predicted octanol–water partition coefficient (Wildman–Crippen LogP) is 3.81. The van der Waals surface area contributed by atoms with Crippen LogP contribution >= 0.6 is 11.3 Å². The highest BCUT2D eigenvalue weighted by molar-refractivity contribution is 7.10. The maximum atomic E-state index is 4.04. The second kappa shape index (κ2) is 5.78. The lowest BCUT2D eigenvalue weighted by molar-refractivity contribution is 0.294. The van der Waals surface area contributed by atoms with E-state index < -0.39 is 0 Å². The van der Waals surface area contributed by atoms with Crippen molar-refractivity contribution in [2.24, 2.45) is 5.92 Å². The minimum Gasteiger partial charge on any atom is -0.305 e. The molecule has 0 amide bonds. The molecule has 2 atom stereocenters. The van der Waals surface area contributed by atoms with E-state index >= 15 is 0 Å². The van der Waals surface area contributed by atoms with Gasteiger partial charge in [0.15, 0.2) is 0 Å². The molecule has 2 nitrogen and oxygen atoms in total. The minimum absolute atomic E-state index is 0.627. The smallest absolute Gasteiger partial charge is 0.0445 e. The molecule has 0 radical (unpaired) electrons. The van der Waals surface area contributed by atoms with E-state index in [4.69, 9.17) is 0 Å². The van der Waals surface area contributed by atoms with Crippen molar-refractivity contribution in [3.8, 4) is 0 Å². The summed E-state index contributed by atoms with van der Waals surface area (Å²) in [6.45, 7) is 2.61. The van der Waals surface area contributed by atoms with Gasteiger partial charge < -0.3 is 5.32 Å². The summed E-state index contributed by atoms with van der Waals surface area (Å²) < 4.78 is 0. The van der Waals surface area contributed by atoms with Gasteiger partial charge in [-0.3, -0.25) is 4.90 Å². The van der Waals surface area contributed by atoms with Gasteiger partial charge in [-0.1, -0.05) is 18.9 Å². The maximum absolute atomic E-state index is 4.04. The van der Waals surface area contributed by atoms with E-state index in [0.717, 1.165) is 18.0 Å². The number of hydrogen-bond acceptors (Lipinski definition) is 3. The topological polar surface area (TPSA) is 15.3 Å². The number of rotatable bonds is 5. The zero-order valence-electron chi connectivity index (χ0n) is 12.3. The largest absolute Gasteiger partial charge is 0.305 e. The predicted molar refractivity (Wildman–Crippen MR) is 85.2 cm³/mol. The third-order valence-electron chi connectivity index (χ3n) is 5.42. The van der Waals surface area contributed by atoms with Crippen LogP contribution in [0.25, 0.3) is 0 Å². The lowest BCUT2D eigenvalue weighted by atomic mass is 9.95. The van der Waals surface area contributed by atoms with Crippen LogP contribution in [0.15, 0.2) is 17.5 Å². The highest BCUT2D eigenvalue weighted by Gasteiger charge is 2.36. The van der Waals surface area contributed by atoms with Crippen LogP contribution in [0.4, 0.5) is 0 Å². The molecule has 0 spiro atoms. The Kier molecular flexibility index (Phi) is 3.84. The Morgan fingerprint density at radius 1 is 1.15 bits per heavy atom. The molecule has 1 aromatic heterocycles. The first-order valence-electron chi connectivity index (χ1n) is 8.43. The number of nitrogens with zero attached hydrogens (tertiary/aromatic N) is 1. The molecule has 2 heterocycles. The van der Waals surface area contributed by atoms with Crippen molar-refractivity contribution >= 4 is 11.3 Å².